The van der Waals surface area contributed by atoms with Crippen LogP contribution in [-0.4, -0.2) is 25.8 Å². The molecule has 0 bridgehead atoms. The first-order valence-corrected chi connectivity index (χ1v) is 10.5. The van der Waals surface area contributed by atoms with E-state index in [4.69, 9.17) is 17.3 Å². The Bertz CT molecular complexity index is 1380. The van der Waals surface area contributed by atoms with Crippen LogP contribution in [0.1, 0.15) is 18.1 Å². The van der Waals surface area contributed by atoms with Gasteiger partial charge in [0.05, 0.1) is 28.5 Å². The highest BCUT2D eigenvalue weighted by Crippen LogP contribution is 2.48. The molecule has 1 amide bonds. The topological polar surface area (TPSA) is 97.9 Å². The molecule has 0 fully saturated rings. The van der Waals surface area contributed by atoms with Gasteiger partial charge in [-0.15, -0.1) is 0 Å². The summed E-state index contributed by atoms with van der Waals surface area (Å²) in [6.45, 7) is 1.88. The lowest BCUT2D eigenvalue weighted by molar-refractivity contribution is -0.122. The molecule has 2 aromatic carbocycles. The minimum Gasteiger partial charge on any atom is -0.382 e. The Labute approximate surface area is 194 Å². The van der Waals surface area contributed by atoms with Gasteiger partial charge in [0.25, 0.3) is 0 Å². The van der Waals surface area contributed by atoms with Crippen molar-refractivity contribution >= 4 is 34.8 Å². The summed E-state index contributed by atoms with van der Waals surface area (Å²) in [5.74, 6) is -0.107. The smallest absolute Gasteiger partial charge is 0.243 e. The van der Waals surface area contributed by atoms with Crippen molar-refractivity contribution in [3.8, 4) is 11.1 Å². The van der Waals surface area contributed by atoms with Crippen molar-refractivity contribution in [2.24, 2.45) is 0 Å². The molecule has 0 saturated heterocycles. The molecule has 0 radical (unpaired) electrons. The molecule has 33 heavy (non-hydrogen) atoms. The van der Waals surface area contributed by atoms with Crippen molar-refractivity contribution in [2.75, 3.05) is 10.6 Å². The maximum absolute atomic E-state index is 13.9. The van der Waals surface area contributed by atoms with Crippen LogP contribution in [0.4, 0.5) is 21.7 Å². The standard InChI is InChI=1S/C24H18ClFN6O/c1-24(8-14-9-29-13-30-10-14)17-6-15(16-2-4-19(26)18(25)7-16)3-5-20(17)32(23(24)33)22-12-28-11-21(27)31-22/h2-7,9-13H,8H2,1H3,(H2,27,31). The summed E-state index contributed by atoms with van der Waals surface area (Å²) in [5.41, 5.74) is 8.73. The van der Waals surface area contributed by atoms with Crippen molar-refractivity contribution in [1.82, 2.24) is 19.9 Å². The number of carbonyl (C=O) groups is 1. The number of anilines is 3. The Morgan fingerprint density at radius 1 is 1.03 bits per heavy atom. The van der Waals surface area contributed by atoms with Crippen molar-refractivity contribution in [3.63, 3.8) is 0 Å². The number of rotatable bonds is 4. The maximum atomic E-state index is 13.9. The van der Waals surface area contributed by atoms with E-state index >= 15 is 0 Å². The van der Waals surface area contributed by atoms with E-state index in [1.165, 1.54) is 29.7 Å². The van der Waals surface area contributed by atoms with Gasteiger partial charge in [0.15, 0.2) is 5.82 Å². The van der Waals surface area contributed by atoms with Crippen molar-refractivity contribution in [1.29, 1.82) is 0 Å². The number of fused-ring (bicyclic) bond motifs is 1. The van der Waals surface area contributed by atoms with E-state index in [1.54, 1.807) is 24.5 Å². The molecule has 9 heteroatoms. The van der Waals surface area contributed by atoms with Gasteiger partial charge in [-0.3, -0.25) is 14.7 Å². The summed E-state index contributed by atoms with van der Waals surface area (Å²) in [7, 11) is 0. The van der Waals surface area contributed by atoms with Gasteiger partial charge >= 0.3 is 0 Å². The van der Waals surface area contributed by atoms with E-state index < -0.39 is 11.2 Å². The predicted molar refractivity (Wildman–Crippen MR) is 124 cm³/mol. The lowest BCUT2D eigenvalue weighted by Gasteiger charge is -2.24. The Morgan fingerprint density at radius 3 is 2.48 bits per heavy atom. The highest BCUT2D eigenvalue weighted by Gasteiger charge is 2.48. The SMILES string of the molecule is CC1(Cc2cncnc2)C(=O)N(c2cncc(N)n2)c2ccc(-c3ccc(F)c(Cl)c3)cc21. The first-order valence-electron chi connectivity index (χ1n) is 10.1. The van der Waals surface area contributed by atoms with Crippen LogP contribution in [0.5, 0.6) is 0 Å². The number of nitrogens with two attached hydrogens (primary N) is 1. The lowest BCUT2D eigenvalue weighted by atomic mass is 9.78. The van der Waals surface area contributed by atoms with E-state index in [0.717, 1.165) is 22.3 Å². The summed E-state index contributed by atoms with van der Waals surface area (Å²) >= 11 is 6.01. The van der Waals surface area contributed by atoms with Crippen molar-refractivity contribution < 1.29 is 9.18 Å². The number of carbonyl (C=O) groups excluding carboxylic acids is 1. The molecule has 164 valence electrons. The molecular weight excluding hydrogens is 443 g/mol. The van der Waals surface area contributed by atoms with Gasteiger partial charge in [0.2, 0.25) is 5.91 Å². The van der Waals surface area contributed by atoms with E-state index in [-0.39, 0.29) is 16.7 Å². The summed E-state index contributed by atoms with van der Waals surface area (Å²) < 4.78 is 13.7. The molecule has 0 saturated carbocycles. The second-order valence-electron chi connectivity index (χ2n) is 8.06. The number of hydrogen-bond donors (Lipinski definition) is 1. The highest BCUT2D eigenvalue weighted by atomic mass is 35.5. The number of nitrogens with zero attached hydrogens (tertiary/aromatic N) is 5. The van der Waals surface area contributed by atoms with E-state index in [9.17, 15) is 9.18 Å². The van der Waals surface area contributed by atoms with Crippen LogP contribution in [0.2, 0.25) is 5.02 Å². The number of amides is 1. The van der Waals surface area contributed by atoms with Gasteiger partial charge in [-0.25, -0.2) is 19.3 Å². The first-order chi connectivity index (χ1) is 15.9. The molecule has 4 aromatic rings. The average molecular weight is 461 g/mol. The average Bonchev–Trinajstić information content (AvgIpc) is 3.02. The summed E-state index contributed by atoms with van der Waals surface area (Å²) in [6, 6.07) is 10.2. The second-order valence-corrected chi connectivity index (χ2v) is 8.47. The Kier molecular flexibility index (Phi) is 5.02. The molecule has 1 unspecified atom stereocenters. The lowest BCUT2D eigenvalue weighted by Crippen LogP contribution is -2.38. The van der Waals surface area contributed by atoms with Crippen LogP contribution in [0.15, 0.2) is 67.5 Å². The molecule has 2 aromatic heterocycles. The molecular formula is C24H18ClFN6O. The molecule has 1 aliphatic heterocycles. The van der Waals surface area contributed by atoms with Crippen molar-refractivity contribution in [2.45, 2.75) is 18.8 Å². The zero-order valence-corrected chi connectivity index (χ0v) is 18.3. The fourth-order valence-corrected chi connectivity index (χ4v) is 4.39. The third-order valence-corrected chi connectivity index (χ3v) is 6.09. The largest absolute Gasteiger partial charge is 0.382 e. The van der Waals surface area contributed by atoms with Gasteiger partial charge in [0, 0.05) is 12.4 Å². The van der Waals surface area contributed by atoms with Gasteiger partial charge in [0.1, 0.15) is 18.0 Å². The summed E-state index contributed by atoms with van der Waals surface area (Å²) in [5, 5.41) is 0.0323. The Hall–Kier alpha value is -3.91. The Balaban J connectivity index is 1.68. The molecule has 3 heterocycles. The van der Waals surface area contributed by atoms with Crippen LogP contribution in [0.3, 0.4) is 0 Å². The molecule has 0 aliphatic carbocycles. The van der Waals surface area contributed by atoms with E-state index in [1.807, 2.05) is 25.1 Å². The summed E-state index contributed by atoms with van der Waals surface area (Å²) in [4.78, 5) is 32.0. The Morgan fingerprint density at radius 2 is 1.76 bits per heavy atom. The van der Waals surface area contributed by atoms with Crippen LogP contribution >= 0.6 is 11.6 Å². The number of halogens is 2. The van der Waals surface area contributed by atoms with Gasteiger partial charge < -0.3 is 5.73 Å². The van der Waals surface area contributed by atoms with Gasteiger partial charge in [-0.05, 0) is 59.9 Å². The van der Waals surface area contributed by atoms with Crippen LogP contribution in [-0.2, 0) is 16.6 Å². The summed E-state index contributed by atoms with van der Waals surface area (Å²) in [6.07, 6.45) is 8.13. The van der Waals surface area contributed by atoms with Crippen LogP contribution < -0.4 is 10.6 Å². The van der Waals surface area contributed by atoms with Crippen molar-refractivity contribution in [3.05, 3.63) is 89.5 Å². The fourth-order valence-electron chi connectivity index (χ4n) is 4.21. The quantitative estimate of drug-likeness (QED) is 0.482. The fraction of sp³-hybridized carbons (Fsp3) is 0.125. The highest BCUT2D eigenvalue weighted by molar-refractivity contribution is 6.31. The predicted octanol–water partition coefficient (Wildman–Crippen LogP) is 4.49. The van der Waals surface area contributed by atoms with E-state index in [0.29, 0.717) is 17.9 Å². The van der Waals surface area contributed by atoms with Crippen LogP contribution in [0, 0.1) is 5.82 Å². The minimum atomic E-state index is -0.938. The third kappa shape index (κ3) is 3.58. The van der Waals surface area contributed by atoms with Gasteiger partial charge in [-0.1, -0.05) is 23.7 Å². The molecule has 2 N–H and O–H groups in total. The molecule has 5 rings (SSSR count). The molecule has 0 spiro atoms. The number of hydrogen-bond acceptors (Lipinski definition) is 6. The van der Waals surface area contributed by atoms with Gasteiger partial charge in [-0.2, -0.15) is 0 Å². The minimum absolute atomic E-state index is 0.0323. The van der Waals surface area contributed by atoms with Crippen LogP contribution in [0.25, 0.3) is 11.1 Å². The monoisotopic (exact) mass is 460 g/mol. The molecule has 7 nitrogen and oxygen atoms in total. The number of benzene rings is 2. The zero-order valence-electron chi connectivity index (χ0n) is 17.5. The van der Waals surface area contributed by atoms with E-state index in [2.05, 4.69) is 19.9 Å². The molecule has 1 atom stereocenters. The normalized spacial score (nSPS) is 17.3. The zero-order chi connectivity index (χ0) is 23.2. The first kappa shape index (κ1) is 21.0. The number of nitrogen functional groups attached to an aromatic ring is 1. The third-order valence-electron chi connectivity index (χ3n) is 5.80. The second kappa shape index (κ2) is 7.90. The maximum Gasteiger partial charge on any atom is 0.243 e. The number of aromatic nitrogens is 4. The molecule has 1 aliphatic rings.